The van der Waals surface area contributed by atoms with Crippen molar-refractivity contribution in [2.45, 2.75) is 24.6 Å². The summed E-state index contributed by atoms with van der Waals surface area (Å²) in [5.74, 6) is 1.56. The Kier molecular flexibility index (Phi) is 3.91. The second-order valence-corrected chi connectivity index (χ2v) is 5.75. The van der Waals surface area contributed by atoms with Crippen molar-refractivity contribution in [1.29, 1.82) is 0 Å². The Bertz CT molecular complexity index is 600. The lowest BCUT2D eigenvalue weighted by molar-refractivity contribution is 0.297. The van der Waals surface area contributed by atoms with Crippen LogP contribution in [0.4, 0.5) is 0 Å². The fourth-order valence-corrected chi connectivity index (χ4v) is 2.26. The van der Waals surface area contributed by atoms with E-state index in [0.717, 1.165) is 35.7 Å². The van der Waals surface area contributed by atoms with Gasteiger partial charge >= 0.3 is 0 Å². The molecule has 0 N–H and O–H groups in total. The molecule has 0 radical (unpaired) electrons. The molecule has 5 nitrogen and oxygen atoms in total. The molecule has 0 saturated carbocycles. The maximum absolute atomic E-state index is 5.69. The fourth-order valence-electron chi connectivity index (χ4n) is 2.05. The van der Waals surface area contributed by atoms with E-state index in [1.165, 1.54) is 0 Å². The van der Waals surface area contributed by atoms with Crippen molar-refractivity contribution in [3.63, 3.8) is 0 Å². The van der Waals surface area contributed by atoms with Gasteiger partial charge in [0.15, 0.2) is 11.5 Å². The molecule has 0 saturated heterocycles. The van der Waals surface area contributed by atoms with Crippen LogP contribution in [0.25, 0.3) is 5.69 Å². The Morgan fingerprint density at radius 2 is 2.10 bits per heavy atom. The number of benzene rings is 1. The zero-order valence-electron chi connectivity index (χ0n) is 11.3. The van der Waals surface area contributed by atoms with E-state index in [9.17, 15) is 0 Å². The zero-order valence-corrected chi connectivity index (χ0v) is 12.8. The Morgan fingerprint density at radius 3 is 2.90 bits per heavy atom. The number of ether oxygens (including phenoxy) is 2. The van der Waals surface area contributed by atoms with Gasteiger partial charge in [-0.15, -0.1) is 5.10 Å². The summed E-state index contributed by atoms with van der Waals surface area (Å²) in [7, 11) is 0. The summed E-state index contributed by atoms with van der Waals surface area (Å²) in [6, 6.07) is 5.82. The lowest BCUT2D eigenvalue weighted by Crippen LogP contribution is -1.98. The molecule has 1 aromatic heterocycles. The fraction of sp³-hybridized carbons (Fsp3) is 0.429. The highest BCUT2D eigenvalue weighted by molar-refractivity contribution is 9.09. The van der Waals surface area contributed by atoms with E-state index in [0.29, 0.717) is 13.2 Å². The normalized spacial score (nSPS) is 15.7. The third-order valence-corrected chi connectivity index (χ3v) is 4.30. The molecular formula is C14H16BrN3O2. The Balaban J connectivity index is 1.90. The van der Waals surface area contributed by atoms with Crippen molar-refractivity contribution >= 4 is 15.9 Å². The van der Waals surface area contributed by atoms with E-state index in [4.69, 9.17) is 9.47 Å². The highest BCUT2D eigenvalue weighted by atomic mass is 79.9. The average molecular weight is 338 g/mol. The number of fused-ring (bicyclic) bond motifs is 1. The van der Waals surface area contributed by atoms with Crippen LogP contribution in [0.2, 0.25) is 0 Å². The summed E-state index contributed by atoms with van der Waals surface area (Å²) in [6.45, 7) is 3.48. The van der Waals surface area contributed by atoms with Crippen LogP contribution >= 0.6 is 15.9 Å². The lowest BCUT2D eigenvalue weighted by atomic mass is 10.2. The van der Waals surface area contributed by atoms with Gasteiger partial charge in [0, 0.05) is 12.5 Å². The molecule has 0 spiro atoms. The molecule has 1 atom stereocenters. The van der Waals surface area contributed by atoms with Gasteiger partial charge in [0.2, 0.25) is 0 Å². The molecule has 1 aliphatic heterocycles. The molecular weight excluding hydrogens is 322 g/mol. The van der Waals surface area contributed by atoms with Crippen molar-refractivity contribution < 1.29 is 9.47 Å². The molecule has 0 amide bonds. The van der Waals surface area contributed by atoms with Gasteiger partial charge < -0.3 is 9.47 Å². The van der Waals surface area contributed by atoms with E-state index in [1.807, 2.05) is 24.4 Å². The summed E-state index contributed by atoms with van der Waals surface area (Å²) in [6.07, 6.45) is 3.81. The molecule has 0 bridgehead atoms. The summed E-state index contributed by atoms with van der Waals surface area (Å²) in [5, 5.41) is 8.36. The van der Waals surface area contributed by atoms with Crippen LogP contribution in [-0.4, -0.2) is 28.2 Å². The molecule has 1 aromatic carbocycles. The standard InChI is InChI=1S/C14H16BrN3O2/c1-2-11(15)12-9-18(17-16-12)10-4-5-13-14(8-10)20-7-3-6-19-13/h4-5,8-9,11H,2-3,6-7H2,1H3. The van der Waals surface area contributed by atoms with Crippen molar-refractivity contribution in [2.24, 2.45) is 0 Å². The molecule has 1 unspecified atom stereocenters. The third-order valence-electron chi connectivity index (χ3n) is 3.19. The SMILES string of the molecule is CCC(Br)c1cn(-c2ccc3c(c2)OCCCO3)nn1. The maximum atomic E-state index is 5.69. The number of rotatable bonds is 3. The van der Waals surface area contributed by atoms with Crippen LogP contribution in [0, 0.1) is 0 Å². The minimum atomic E-state index is 0.233. The van der Waals surface area contributed by atoms with Crippen LogP contribution in [-0.2, 0) is 0 Å². The minimum absolute atomic E-state index is 0.233. The van der Waals surface area contributed by atoms with Crippen LogP contribution in [0.15, 0.2) is 24.4 Å². The number of hydrogen-bond donors (Lipinski definition) is 0. The van der Waals surface area contributed by atoms with E-state index < -0.39 is 0 Å². The van der Waals surface area contributed by atoms with Crippen LogP contribution in [0.5, 0.6) is 11.5 Å². The molecule has 0 aliphatic carbocycles. The molecule has 3 rings (SSSR count). The van der Waals surface area contributed by atoms with Gasteiger partial charge in [0.25, 0.3) is 0 Å². The van der Waals surface area contributed by atoms with Gasteiger partial charge in [-0.2, -0.15) is 0 Å². The summed E-state index contributed by atoms with van der Waals surface area (Å²) in [5.41, 5.74) is 1.85. The zero-order chi connectivity index (χ0) is 13.9. The van der Waals surface area contributed by atoms with Gasteiger partial charge in [-0.3, -0.25) is 0 Å². The minimum Gasteiger partial charge on any atom is -0.490 e. The lowest BCUT2D eigenvalue weighted by Gasteiger charge is -2.08. The van der Waals surface area contributed by atoms with Crippen molar-refractivity contribution in [2.75, 3.05) is 13.2 Å². The average Bonchev–Trinajstić information content (AvgIpc) is 2.85. The van der Waals surface area contributed by atoms with Gasteiger partial charge in [0.1, 0.15) is 0 Å². The summed E-state index contributed by atoms with van der Waals surface area (Å²) in [4.78, 5) is 0.233. The van der Waals surface area contributed by atoms with E-state index in [-0.39, 0.29) is 4.83 Å². The number of aromatic nitrogens is 3. The van der Waals surface area contributed by atoms with E-state index in [2.05, 4.69) is 33.2 Å². The number of alkyl halides is 1. The Hall–Kier alpha value is -1.56. The first-order valence-electron chi connectivity index (χ1n) is 6.74. The molecule has 0 fully saturated rings. The van der Waals surface area contributed by atoms with E-state index >= 15 is 0 Å². The predicted molar refractivity (Wildman–Crippen MR) is 78.9 cm³/mol. The second-order valence-electron chi connectivity index (χ2n) is 4.65. The van der Waals surface area contributed by atoms with Crippen LogP contribution in [0.1, 0.15) is 30.3 Å². The molecule has 106 valence electrons. The Morgan fingerprint density at radius 1 is 1.30 bits per heavy atom. The first kappa shape index (κ1) is 13.4. The highest BCUT2D eigenvalue weighted by Crippen LogP contribution is 2.32. The van der Waals surface area contributed by atoms with Crippen molar-refractivity contribution in [3.8, 4) is 17.2 Å². The molecule has 1 aliphatic rings. The van der Waals surface area contributed by atoms with Gasteiger partial charge in [-0.25, -0.2) is 4.68 Å². The molecule has 2 aromatic rings. The summed E-state index contributed by atoms with van der Waals surface area (Å²) < 4.78 is 13.1. The van der Waals surface area contributed by atoms with E-state index in [1.54, 1.807) is 4.68 Å². The van der Waals surface area contributed by atoms with Crippen LogP contribution < -0.4 is 9.47 Å². The smallest absolute Gasteiger partial charge is 0.163 e. The predicted octanol–water partition coefficient (Wildman–Crippen LogP) is 3.27. The molecule has 6 heteroatoms. The number of hydrogen-bond acceptors (Lipinski definition) is 4. The first-order valence-corrected chi connectivity index (χ1v) is 7.66. The number of nitrogens with zero attached hydrogens (tertiary/aromatic N) is 3. The van der Waals surface area contributed by atoms with Gasteiger partial charge in [-0.05, 0) is 18.6 Å². The largest absolute Gasteiger partial charge is 0.490 e. The molecule has 2 heterocycles. The van der Waals surface area contributed by atoms with Crippen molar-refractivity contribution in [3.05, 3.63) is 30.1 Å². The second kappa shape index (κ2) is 5.83. The highest BCUT2D eigenvalue weighted by Gasteiger charge is 2.14. The molecule has 20 heavy (non-hydrogen) atoms. The van der Waals surface area contributed by atoms with Gasteiger partial charge in [-0.1, -0.05) is 28.1 Å². The maximum Gasteiger partial charge on any atom is 0.163 e. The topological polar surface area (TPSA) is 49.2 Å². The van der Waals surface area contributed by atoms with Crippen LogP contribution in [0.3, 0.4) is 0 Å². The number of halogens is 1. The monoisotopic (exact) mass is 337 g/mol. The first-order chi connectivity index (χ1) is 9.78. The quantitative estimate of drug-likeness (QED) is 0.806. The third kappa shape index (κ3) is 2.65. The van der Waals surface area contributed by atoms with Gasteiger partial charge in [0.05, 0.1) is 35.6 Å². The Labute approximate surface area is 126 Å². The summed E-state index contributed by atoms with van der Waals surface area (Å²) >= 11 is 3.58. The van der Waals surface area contributed by atoms with Crippen molar-refractivity contribution in [1.82, 2.24) is 15.0 Å².